The molecule has 3 aromatic rings. The van der Waals surface area contributed by atoms with Crippen LogP contribution in [0.15, 0.2) is 54.6 Å². The van der Waals surface area contributed by atoms with Crippen molar-refractivity contribution in [2.75, 3.05) is 35.5 Å². The van der Waals surface area contributed by atoms with Crippen molar-refractivity contribution in [1.82, 2.24) is 0 Å². The molecule has 0 saturated heterocycles. The van der Waals surface area contributed by atoms with Gasteiger partial charge in [0.15, 0.2) is 11.5 Å². The van der Waals surface area contributed by atoms with E-state index in [1.807, 2.05) is 0 Å². The van der Waals surface area contributed by atoms with Gasteiger partial charge >= 0.3 is 0 Å². The first kappa shape index (κ1) is 24.2. The van der Waals surface area contributed by atoms with Crippen LogP contribution in [-0.4, -0.2) is 47.1 Å². The van der Waals surface area contributed by atoms with Gasteiger partial charge in [0.25, 0.3) is 0 Å². The van der Waals surface area contributed by atoms with Crippen LogP contribution in [0.4, 0.5) is 0 Å². The molecule has 0 radical (unpaired) electrons. The predicted molar refractivity (Wildman–Crippen MR) is 127 cm³/mol. The van der Waals surface area contributed by atoms with Gasteiger partial charge < -0.3 is 23.7 Å². The summed E-state index contributed by atoms with van der Waals surface area (Å²) in [5.74, 6) is 7.06. The van der Waals surface area contributed by atoms with Gasteiger partial charge in [-0.15, -0.1) is 0 Å². The average Bonchev–Trinajstić information content (AvgIpc) is 2.89. The molecule has 0 fully saturated rings. The van der Waals surface area contributed by atoms with Gasteiger partial charge in [0.05, 0.1) is 35.5 Å². The minimum atomic E-state index is -0.697. The van der Waals surface area contributed by atoms with Gasteiger partial charge in [-0.1, -0.05) is 11.8 Å². The molecule has 7 nitrogen and oxygen atoms in total. The van der Waals surface area contributed by atoms with Gasteiger partial charge in [-0.2, -0.15) is 0 Å². The Balaban J connectivity index is 1.95. The van der Waals surface area contributed by atoms with Crippen LogP contribution in [0.5, 0.6) is 28.7 Å². The zero-order valence-electron chi connectivity index (χ0n) is 19.6. The number of hydrogen-bond acceptors (Lipinski definition) is 7. The average molecular weight is 460 g/mol. The smallest absolute Gasteiger partial charge is 0.233 e. The van der Waals surface area contributed by atoms with Gasteiger partial charge in [0.1, 0.15) is 17.2 Å². The van der Waals surface area contributed by atoms with E-state index < -0.39 is 11.6 Å². The summed E-state index contributed by atoms with van der Waals surface area (Å²) in [7, 11) is 7.54. The van der Waals surface area contributed by atoms with E-state index in [4.69, 9.17) is 23.7 Å². The summed E-state index contributed by atoms with van der Waals surface area (Å²) >= 11 is 0. The fourth-order valence-electron chi connectivity index (χ4n) is 3.18. The first-order chi connectivity index (χ1) is 16.4. The lowest BCUT2D eigenvalue weighted by Gasteiger charge is -2.09. The lowest BCUT2D eigenvalue weighted by molar-refractivity contribution is 0.0816. The van der Waals surface area contributed by atoms with Crippen molar-refractivity contribution in [1.29, 1.82) is 0 Å². The van der Waals surface area contributed by atoms with Gasteiger partial charge in [-0.05, 0) is 48.5 Å². The Morgan fingerprint density at radius 1 is 0.529 bits per heavy atom. The van der Waals surface area contributed by atoms with E-state index in [1.165, 1.54) is 39.5 Å². The third-order valence-electron chi connectivity index (χ3n) is 4.96. The van der Waals surface area contributed by atoms with Crippen molar-refractivity contribution >= 4 is 11.6 Å². The summed E-state index contributed by atoms with van der Waals surface area (Å²) in [5, 5.41) is 0. The van der Waals surface area contributed by atoms with E-state index >= 15 is 0 Å². The highest BCUT2D eigenvalue weighted by molar-refractivity contribution is 6.49. The minimum absolute atomic E-state index is 0.159. The molecule has 0 aliphatic carbocycles. The molecule has 174 valence electrons. The SMILES string of the molecule is COc1cc(C#Cc2cc(OC)cc(C(=O)C(=O)c3ccc(OC)c(OC)c3)c2)cc(OC)c1. The van der Waals surface area contributed by atoms with Crippen molar-refractivity contribution < 1.29 is 33.3 Å². The van der Waals surface area contributed by atoms with Crippen molar-refractivity contribution in [2.24, 2.45) is 0 Å². The summed E-state index contributed by atoms with van der Waals surface area (Å²) in [6.45, 7) is 0. The predicted octanol–water partition coefficient (Wildman–Crippen LogP) is 4.20. The fourth-order valence-corrected chi connectivity index (χ4v) is 3.18. The maximum atomic E-state index is 13.0. The van der Waals surface area contributed by atoms with Crippen LogP contribution < -0.4 is 23.7 Å². The molecular formula is C27H24O7. The standard InChI is InChI=1S/C27H24O7/c1-30-21-11-17(6-7-18-12-22(31-2)16-23(13-18)32-3)10-20(14-21)27(29)26(28)19-8-9-24(33-4)25(15-19)34-5/h8-16H,1-5H3. The number of methoxy groups -OCH3 is 5. The number of ketones is 2. The first-order valence-corrected chi connectivity index (χ1v) is 10.2. The van der Waals surface area contributed by atoms with E-state index in [0.717, 1.165) is 0 Å². The lowest BCUT2D eigenvalue weighted by Crippen LogP contribution is -2.15. The van der Waals surface area contributed by atoms with E-state index in [2.05, 4.69) is 11.8 Å². The maximum Gasteiger partial charge on any atom is 0.233 e. The topological polar surface area (TPSA) is 80.3 Å². The van der Waals surface area contributed by atoms with Gasteiger partial charge in [-0.25, -0.2) is 0 Å². The second-order valence-corrected chi connectivity index (χ2v) is 7.03. The molecular weight excluding hydrogens is 436 g/mol. The van der Waals surface area contributed by atoms with Crippen LogP contribution in [0.1, 0.15) is 31.8 Å². The van der Waals surface area contributed by atoms with Gasteiger partial charge in [0, 0.05) is 28.3 Å². The molecule has 0 spiro atoms. The zero-order chi connectivity index (χ0) is 24.7. The number of Topliss-reactive ketones (excluding diaryl/α,β-unsaturated/α-hetero) is 2. The van der Waals surface area contributed by atoms with Gasteiger partial charge in [0.2, 0.25) is 11.6 Å². The molecule has 0 aromatic heterocycles. The quantitative estimate of drug-likeness (QED) is 0.283. The summed E-state index contributed by atoms with van der Waals surface area (Å²) in [6.07, 6.45) is 0. The highest BCUT2D eigenvalue weighted by atomic mass is 16.5. The largest absolute Gasteiger partial charge is 0.497 e. The summed E-state index contributed by atoms with van der Waals surface area (Å²) in [6, 6.07) is 14.6. The molecule has 0 aliphatic rings. The number of benzene rings is 3. The molecule has 0 unspecified atom stereocenters. The molecule has 0 amide bonds. The minimum Gasteiger partial charge on any atom is -0.497 e. The molecule has 34 heavy (non-hydrogen) atoms. The van der Waals surface area contributed by atoms with Crippen LogP contribution in [-0.2, 0) is 0 Å². The summed E-state index contributed by atoms with van der Waals surface area (Å²) in [4.78, 5) is 25.9. The highest BCUT2D eigenvalue weighted by Gasteiger charge is 2.21. The number of hydrogen-bond donors (Lipinski definition) is 0. The molecule has 3 rings (SSSR count). The molecule has 0 saturated carbocycles. The fraction of sp³-hybridized carbons (Fsp3) is 0.185. The highest BCUT2D eigenvalue weighted by Crippen LogP contribution is 2.28. The molecule has 0 N–H and O–H groups in total. The number of carbonyl (C=O) groups is 2. The van der Waals surface area contributed by atoms with Crippen LogP contribution in [0, 0.1) is 11.8 Å². The normalized spacial score (nSPS) is 9.91. The van der Waals surface area contributed by atoms with Crippen molar-refractivity contribution in [3.8, 4) is 40.6 Å². The second kappa shape index (κ2) is 10.9. The summed E-state index contributed by atoms with van der Waals surface area (Å²) < 4.78 is 26.3. The van der Waals surface area contributed by atoms with Crippen molar-refractivity contribution in [2.45, 2.75) is 0 Å². The number of carbonyl (C=O) groups excluding carboxylic acids is 2. The first-order valence-electron chi connectivity index (χ1n) is 10.2. The van der Waals surface area contributed by atoms with Crippen LogP contribution >= 0.6 is 0 Å². The van der Waals surface area contributed by atoms with E-state index in [1.54, 1.807) is 50.6 Å². The second-order valence-electron chi connectivity index (χ2n) is 7.03. The third kappa shape index (κ3) is 5.48. The Hall–Kier alpha value is -4.44. The summed E-state index contributed by atoms with van der Waals surface area (Å²) in [5.41, 5.74) is 1.51. The molecule has 0 aliphatic heterocycles. The Morgan fingerprint density at radius 2 is 1.03 bits per heavy atom. The molecule has 3 aromatic carbocycles. The van der Waals surface area contributed by atoms with E-state index in [9.17, 15) is 9.59 Å². The Kier molecular flexibility index (Phi) is 7.78. The van der Waals surface area contributed by atoms with E-state index in [-0.39, 0.29) is 11.1 Å². The third-order valence-corrected chi connectivity index (χ3v) is 4.96. The molecule has 0 bridgehead atoms. The zero-order valence-corrected chi connectivity index (χ0v) is 19.6. The Labute approximate surface area is 198 Å². The molecule has 7 heteroatoms. The maximum absolute atomic E-state index is 13.0. The van der Waals surface area contributed by atoms with Crippen LogP contribution in [0.2, 0.25) is 0 Å². The molecule has 0 atom stereocenters. The Morgan fingerprint density at radius 3 is 1.56 bits per heavy atom. The van der Waals surface area contributed by atoms with Crippen molar-refractivity contribution in [3.63, 3.8) is 0 Å². The van der Waals surface area contributed by atoms with E-state index in [0.29, 0.717) is 39.9 Å². The van der Waals surface area contributed by atoms with Gasteiger partial charge in [-0.3, -0.25) is 9.59 Å². The van der Waals surface area contributed by atoms with Crippen LogP contribution in [0.3, 0.4) is 0 Å². The van der Waals surface area contributed by atoms with Crippen molar-refractivity contribution in [3.05, 3.63) is 76.9 Å². The van der Waals surface area contributed by atoms with Crippen LogP contribution in [0.25, 0.3) is 0 Å². The number of ether oxygens (including phenoxy) is 5. The molecule has 0 heterocycles. The lowest BCUT2D eigenvalue weighted by atomic mass is 9.99. The number of rotatable bonds is 8. The monoisotopic (exact) mass is 460 g/mol. The Bertz CT molecular complexity index is 1260.